The molecule has 154 valence electrons. The van der Waals surface area contributed by atoms with Crippen molar-refractivity contribution < 1.29 is 23.9 Å². The van der Waals surface area contributed by atoms with Crippen LogP contribution < -0.4 is 15.4 Å². The third kappa shape index (κ3) is 7.46. The van der Waals surface area contributed by atoms with E-state index < -0.39 is 11.9 Å². The normalized spacial score (nSPS) is 10.2. The molecule has 0 atom stereocenters. The largest absolute Gasteiger partial charge is 0.495 e. The molecule has 0 fully saturated rings. The number of benzene rings is 2. The van der Waals surface area contributed by atoms with Gasteiger partial charge in [0.1, 0.15) is 5.75 Å². The van der Waals surface area contributed by atoms with E-state index in [9.17, 15) is 14.4 Å². The molecule has 0 aliphatic carbocycles. The first-order valence-corrected chi connectivity index (χ1v) is 9.41. The zero-order chi connectivity index (χ0) is 21.2. The monoisotopic (exact) mass is 418 g/mol. The number of methoxy groups -OCH3 is 1. The molecule has 0 saturated carbocycles. The van der Waals surface area contributed by atoms with E-state index in [1.165, 1.54) is 7.11 Å². The van der Waals surface area contributed by atoms with Gasteiger partial charge in [-0.3, -0.25) is 14.4 Å². The molecule has 0 saturated heterocycles. The Bertz CT molecular complexity index is 885. The van der Waals surface area contributed by atoms with Crippen molar-refractivity contribution >= 4 is 40.8 Å². The van der Waals surface area contributed by atoms with E-state index in [0.717, 1.165) is 5.56 Å². The van der Waals surface area contributed by atoms with Crippen molar-refractivity contribution in [1.82, 2.24) is 0 Å². The topological polar surface area (TPSA) is 93.7 Å². The fraction of sp³-hybridized carbons (Fsp3) is 0.286. The molecule has 0 aliphatic heterocycles. The minimum atomic E-state index is -0.543. The van der Waals surface area contributed by atoms with Crippen LogP contribution in [0.15, 0.2) is 42.5 Å². The number of esters is 1. The Hall–Kier alpha value is -3.06. The van der Waals surface area contributed by atoms with Gasteiger partial charge in [0, 0.05) is 23.6 Å². The van der Waals surface area contributed by atoms with E-state index in [1.54, 1.807) is 30.3 Å². The fourth-order valence-electron chi connectivity index (χ4n) is 2.50. The van der Waals surface area contributed by atoms with Crippen LogP contribution >= 0.6 is 11.6 Å². The van der Waals surface area contributed by atoms with E-state index in [2.05, 4.69) is 10.6 Å². The smallest absolute Gasteiger partial charge is 0.306 e. The summed E-state index contributed by atoms with van der Waals surface area (Å²) in [6, 6.07) is 12.2. The van der Waals surface area contributed by atoms with Gasteiger partial charge in [-0.15, -0.1) is 0 Å². The summed E-state index contributed by atoms with van der Waals surface area (Å²) in [5.74, 6) is -0.756. The molecule has 8 heteroatoms. The molecule has 2 N–H and O–H groups in total. The standard InChI is InChI=1S/C21H23ClN2O5/c1-14-6-3-4-7-16(14)23-20(26)13-29-21(27)9-5-8-19(25)24-17-12-15(22)10-11-18(17)28-2/h3-4,6-7,10-12H,5,8-9,13H2,1-2H3,(H,23,26)(H,24,25). The van der Waals surface area contributed by atoms with Gasteiger partial charge in [-0.2, -0.15) is 0 Å². The third-order valence-corrected chi connectivity index (χ3v) is 4.24. The second kappa shape index (κ2) is 11.1. The summed E-state index contributed by atoms with van der Waals surface area (Å²) < 4.78 is 10.1. The molecular formula is C21H23ClN2O5. The molecule has 0 heterocycles. The summed E-state index contributed by atoms with van der Waals surface area (Å²) >= 11 is 5.92. The van der Waals surface area contributed by atoms with Gasteiger partial charge in [-0.25, -0.2) is 0 Å². The molecule has 2 amide bonds. The van der Waals surface area contributed by atoms with E-state index in [4.69, 9.17) is 21.1 Å². The van der Waals surface area contributed by atoms with Gasteiger partial charge in [0.15, 0.2) is 6.61 Å². The van der Waals surface area contributed by atoms with Crippen molar-refractivity contribution in [2.45, 2.75) is 26.2 Å². The number of amides is 2. The molecule has 2 rings (SSSR count). The molecule has 0 bridgehead atoms. The van der Waals surface area contributed by atoms with Crippen molar-refractivity contribution in [1.29, 1.82) is 0 Å². The van der Waals surface area contributed by atoms with Gasteiger partial charge in [-0.1, -0.05) is 29.8 Å². The first-order valence-electron chi connectivity index (χ1n) is 9.03. The number of hydrogen-bond donors (Lipinski definition) is 2. The number of anilines is 2. The minimum absolute atomic E-state index is 0.0255. The molecule has 0 unspecified atom stereocenters. The average molecular weight is 419 g/mol. The summed E-state index contributed by atoms with van der Waals surface area (Å²) in [7, 11) is 1.49. The lowest BCUT2D eigenvalue weighted by Gasteiger charge is -2.10. The SMILES string of the molecule is COc1ccc(Cl)cc1NC(=O)CCCC(=O)OCC(=O)Nc1ccccc1C. The number of nitrogens with one attached hydrogen (secondary N) is 2. The second-order valence-electron chi connectivity index (χ2n) is 6.27. The summed E-state index contributed by atoms with van der Waals surface area (Å²) in [4.78, 5) is 35.7. The molecule has 2 aromatic rings. The number of aryl methyl sites for hydroxylation is 1. The number of carbonyl (C=O) groups excluding carboxylic acids is 3. The molecule has 7 nitrogen and oxygen atoms in total. The Balaban J connectivity index is 1.69. The van der Waals surface area contributed by atoms with Crippen LogP contribution in [0.25, 0.3) is 0 Å². The Morgan fingerprint density at radius 3 is 2.41 bits per heavy atom. The minimum Gasteiger partial charge on any atom is -0.495 e. The highest BCUT2D eigenvalue weighted by Gasteiger charge is 2.12. The van der Waals surface area contributed by atoms with Crippen LogP contribution in [0, 0.1) is 6.92 Å². The summed E-state index contributed by atoms with van der Waals surface area (Å²) in [6.45, 7) is 1.49. The van der Waals surface area contributed by atoms with Crippen LogP contribution in [0.5, 0.6) is 5.75 Å². The molecule has 0 radical (unpaired) electrons. The van der Waals surface area contributed by atoms with Gasteiger partial charge in [0.2, 0.25) is 5.91 Å². The Morgan fingerprint density at radius 2 is 1.69 bits per heavy atom. The van der Waals surface area contributed by atoms with Crippen molar-refractivity contribution in [2.75, 3.05) is 24.4 Å². The number of carbonyl (C=O) groups is 3. The molecular weight excluding hydrogens is 396 g/mol. The van der Waals surface area contributed by atoms with Gasteiger partial charge in [0.05, 0.1) is 12.8 Å². The second-order valence-corrected chi connectivity index (χ2v) is 6.71. The molecule has 0 spiro atoms. The molecule has 2 aromatic carbocycles. The molecule has 0 aliphatic rings. The predicted octanol–water partition coefficient (Wildman–Crippen LogP) is 3.95. The maximum atomic E-state index is 12.0. The quantitative estimate of drug-likeness (QED) is 0.601. The highest BCUT2D eigenvalue weighted by molar-refractivity contribution is 6.31. The lowest BCUT2D eigenvalue weighted by Crippen LogP contribution is -2.21. The van der Waals surface area contributed by atoms with Crippen molar-refractivity contribution in [3.63, 3.8) is 0 Å². The number of ether oxygens (including phenoxy) is 2. The van der Waals surface area contributed by atoms with E-state index in [0.29, 0.717) is 22.1 Å². The van der Waals surface area contributed by atoms with Crippen LogP contribution in [0.1, 0.15) is 24.8 Å². The number of rotatable bonds is 9. The van der Waals surface area contributed by atoms with Crippen LogP contribution in [-0.2, 0) is 19.1 Å². The Labute approximate surface area is 174 Å². The first kappa shape index (κ1) is 22.2. The summed E-state index contributed by atoms with van der Waals surface area (Å²) in [5.41, 5.74) is 2.04. The number of para-hydroxylation sites is 1. The van der Waals surface area contributed by atoms with Crippen LogP contribution in [0.3, 0.4) is 0 Å². The average Bonchev–Trinajstić information content (AvgIpc) is 2.68. The fourth-order valence-corrected chi connectivity index (χ4v) is 2.67. The zero-order valence-electron chi connectivity index (χ0n) is 16.3. The van der Waals surface area contributed by atoms with Gasteiger partial charge < -0.3 is 20.1 Å². The highest BCUT2D eigenvalue weighted by Crippen LogP contribution is 2.27. The maximum Gasteiger partial charge on any atom is 0.306 e. The van der Waals surface area contributed by atoms with E-state index >= 15 is 0 Å². The van der Waals surface area contributed by atoms with Gasteiger partial charge >= 0.3 is 5.97 Å². The van der Waals surface area contributed by atoms with Crippen molar-refractivity contribution in [2.24, 2.45) is 0 Å². The summed E-state index contributed by atoms with van der Waals surface area (Å²) in [5, 5.41) is 5.84. The van der Waals surface area contributed by atoms with E-state index in [1.807, 2.05) is 19.1 Å². The third-order valence-electron chi connectivity index (χ3n) is 4.00. The van der Waals surface area contributed by atoms with Gasteiger partial charge in [-0.05, 0) is 43.2 Å². The maximum absolute atomic E-state index is 12.0. The van der Waals surface area contributed by atoms with Crippen molar-refractivity contribution in [3.05, 3.63) is 53.1 Å². The molecule has 29 heavy (non-hydrogen) atoms. The predicted molar refractivity (Wildman–Crippen MR) is 111 cm³/mol. The first-order chi connectivity index (χ1) is 13.9. The van der Waals surface area contributed by atoms with Crippen LogP contribution in [-0.4, -0.2) is 31.5 Å². The lowest BCUT2D eigenvalue weighted by atomic mass is 10.2. The van der Waals surface area contributed by atoms with E-state index in [-0.39, 0.29) is 31.8 Å². The lowest BCUT2D eigenvalue weighted by molar-refractivity contribution is -0.147. The van der Waals surface area contributed by atoms with Crippen molar-refractivity contribution in [3.8, 4) is 5.75 Å². The van der Waals surface area contributed by atoms with Gasteiger partial charge in [0.25, 0.3) is 5.91 Å². The Morgan fingerprint density at radius 1 is 0.966 bits per heavy atom. The van der Waals surface area contributed by atoms with Crippen LogP contribution in [0.4, 0.5) is 11.4 Å². The zero-order valence-corrected chi connectivity index (χ0v) is 17.0. The Kier molecular flexibility index (Phi) is 8.48. The number of hydrogen-bond acceptors (Lipinski definition) is 5. The highest BCUT2D eigenvalue weighted by atomic mass is 35.5. The number of halogens is 1. The summed E-state index contributed by atoms with van der Waals surface area (Å²) in [6.07, 6.45) is 0.422. The van der Waals surface area contributed by atoms with Crippen LogP contribution in [0.2, 0.25) is 5.02 Å². The molecule has 0 aromatic heterocycles.